The summed E-state index contributed by atoms with van der Waals surface area (Å²) >= 11 is 0. The summed E-state index contributed by atoms with van der Waals surface area (Å²) < 4.78 is 11.3. The van der Waals surface area contributed by atoms with Crippen molar-refractivity contribution in [2.75, 3.05) is 25.1 Å². The second kappa shape index (κ2) is 9.76. The van der Waals surface area contributed by atoms with Gasteiger partial charge in [-0.15, -0.1) is 0 Å². The van der Waals surface area contributed by atoms with Crippen LogP contribution in [0.3, 0.4) is 0 Å². The molecular weight excluding hydrogens is 380 g/mol. The SMILES string of the molecule is CC(C)(C)c1ccccc1OCC(=O)Nc1ccc(C(=O)NCC2CCCO2)cc1. The summed E-state index contributed by atoms with van der Waals surface area (Å²) in [6, 6.07) is 14.5. The third-order valence-electron chi connectivity index (χ3n) is 5.00. The smallest absolute Gasteiger partial charge is 0.262 e. The zero-order chi connectivity index (χ0) is 21.6. The van der Waals surface area contributed by atoms with E-state index in [0.29, 0.717) is 23.5 Å². The summed E-state index contributed by atoms with van der Waals surface area (Å²) in [6.07, 6.45) is 2.13. The highest BCUT2D eigenvalue weighted by Crippen LogP contribution is 2.30. The molecule has 6 heteroatoms. The van der Waals surface area contributed by atoms with Crippen molar-refractivity contribution in [1.82, 2.24) is 5.32 Å². The maximum atomic E-state index is 12.3. The summed E-state index contributed by atoms with van der Waals surface area (Å²) in [5.41, 5.74) is 2.13. The Bertz CT molecular complexity index is 866. The van der Waals surface area contributed by atoms with Crippen LogP contribution in [0.1, 0.15) is 49.5 Å². The second-order valence-corrected chi connectivity index (χ2v) is 8.51. The molecule has 0 saturated carbocycles. The normalized spacial score (nSPS) is 16.2. The molecule has 0 radical (unpaired) electrons. The van der Waals surface area contributed by atoms with Gasteiger partial charge in [0, 0.05) is 24.4 Å². The lowest BCUT2D eigenvalue weighted by Gasteiger charge is -2.22. The van der Waals surface area contributed by atoms with Crippen molar-refractivity contribution in [2.24, 2.45) is 0 Å². The van der Waals surface area contributed by atoms with Crippen LogP contribution in [0.5, 0.6) is 5.75 Å². The number of nitrogens with one attached hydrogen (secondary N) is 2. The lowest BCUT2D eigenvalue weighted by Crippen LogP contribution is -2.31. The molecule has 2 N–H and O–H groups in total. The number of amides is 2. The van der Waals surface area contributed by atoms with Crippen LogP contribution < -0.4 is 15.4 Å². The molecule has 1 atom stereocenters. The Hall–Kier alpha value is -2.86. The zero-order valence-corrected chi connectivity index (χ0v) is 17.9. The maximum absolute atomic E-state index is 12.3. The van der Waals surface area contributed by atoms with Crippen molar-refractivity contribution >= 4 is 17.5 Å². The van der Waals surface area contributed by atoms with Crippen molar-refractivity contribution in [3.05, 3.63) is 59.7 Å². The predicted molar refractivity (Wildman–Crippen MR) is 117 cm³/mol. The van der Waals surface area contributed by atoms with Crippen LogP contribution in [0, 0.1) is 0 Å². The van der Waals surface area contributed by atoms with E-state index >= 15 is 0 Å². The number of rotatable bonds is 7. The fourth-order valence-corrected chi connectivity index (χ4v) is 3.37. The third-order valence-corrected chi connectivity index (χ3v) is 5.00. The van der Waals surface area contributed by atoms with Crippen LogP contribution >= 0.6 is 0 Å². The first-order valence-electron chi connectivity index (χ1n) is 10.3. The van der Waals surface area contributed by atoms with Crippen LogP contribution in [0.4, 0.5) is 5.69 Å². The second-order valence-electron chi connectivity index (χ2n) is 8.51. The first kappa shape index (κ1) is 21.8. The number of anilines is 1. The van der Waals surface area contributed by atoms with Crippen LogP contribution in [-0.4, -0.2) is 37.7 Å². The van der Waals surface area contributed by atoms with Crippen molar-refractivity contribution < 1.29 is 19.1 Å². The molecule has 1 aliphatic rings. The highest BCUT2D eigenvalue weighted by atomic mass is 16.5. The summed E-state index contributed by atoms with van der Waals surface area (Å²) in [5.74, 6) is 0.304. The van der Waals surface area contributed by atoms with Crippen molar-refractivity contribution in [3.63, 3.8) is 0 Å². The van der Waals surface area contributed by atoms with E-state index in [0.717, 1.165) is 25.0 Å². The molecule has 3 rings (SSSR count). The molecule has 0 spiro atoms. The minimum atomic E-state index is -0.255. The molecule has 2 amide bonds. The average Bonchev–Trinajstić information content (AvgIpc) is 3.24. The minimum Gasteiger partial charge on any atom is -0.483 e. The number of hydrogen-bond acceptors (Lipinski definition) is 4. The fraction of sp³-hybridized carbons (Fsp3) is 0.417. The van der Waals surface area contributed by atoms with Gasteiger partial charge in [-0.3, -0.25) is 9.59 Å². The predicted octanol–water partition coefficient (Wildman–Crippen LogP) is 3.91. The highest BCUT2D eigenvalue weighted by molar-refractivity contribution is 5.96. The Morgan fingerprint density at radius 2 is 1.83 bits per heavy atom. The molecular formula is C24H30N2O4. The molecule has 1 heterocycles. The molecule has 1 unspecified atom stereocenters. The monoisotopic (exact) mass is 410 g/mol. The van der Waals surface area contributed by atoms with Crippen molar-refractivity contribution in [1.29, 1.82) is 0 Å². The number of hydrogen-bond donors (Lipinski definition) is 2. The number of ether oxygens (including phenoxy) is 2. The van der Waals surface area contributed by atoms with Crippen LogP contribution in [0.25, 0.3) is 0 Å². The molecule has 6 nitrogen and oxygen atoms in total. The summed E-state index contributed by atoms with van der Waals surface area (Å²) in [7, 11) is 0. The van der Waals surface area contributed by atoms with Crippen LogP contribution in [-0.2, 0) is 14.9 Å². The minimum absolute atomic E-state index is 0.0760. The molecule has 0 aromatic heterocycles. The van der Waals surface area contributed by atoms with E-state index in [1.54, 1.807) is 24.3 Å². The number of para-hydroxylation sites is 1. The third kappa shape index (κ3) is 6.07. The summed E-state index contributed by atoms with van der Waals surface area (Å²) in [5, 5.41) is 5.68. The van der Waals surface area contributed by atoms with Gasteiger partial charge in [0.15, 0.2) is 6.61 Å². The molecule has 1 aliphatic heterocycles. The topological polar surface area (TPSA) is 76.7 Å². The Morgan fingerprint density at radius 1 is 1.10 bits per heavy atom. The van der Waals surface area contributed by atoms with E-state index in [4.69, 9.17) is 9.47 Å². The molecule has 30 heavy (non-hydrogen) atoms. The van der Waals surface area contributed by atoms with E-state index in [1.165, 1.54) is 0 Å². The Kier molecular flexibility index (Phi) is 7.11. The molecule has 0 aliphatic carbocycles. The largest absolute Gasteiger partial charge is 0.483 e. The number of carbonyl (C=O) groups is 2. The Morgan fingerprint density at radius 3 is 2.50 bits per heavy atom. The van der Waals surface area contributed by atoms with Gasteiger partial charge in [0.1, 0.15) is 5.75 Å². The van der Waals surface area contributed by atoms with Gasteiger partial charge < -0.3 is 20.1 Å². The fourth-order valence-electron chi connectivity index (χ4n) is 3.37. The van der Waals surface area contributed by atoms with Gasteiger partial charge in [0.05, 0.1) is 6.10 Å². The summed E-state index contributed by atoms with van der Waals surface area (Å²) in [4.78, 5) is 24.5. The van der Waals surface area contributed by atoms with Gasteiger partial charge in [-0.05, 0) is 54.2 Å². The van der Waals surface area contributed by atoms with E-state index < -0.39 is 0 Å². The van der Waals surface area contributed by atoms with Crippen LogP contribution in [0.15, 0.2) is 48.5 Å². The lowest BCUT2D eigenvalue weighted by molar-refractivity contribution is -0.118. The highest BCUT2D eigenvalue weighted by Gasteiger charge is 2.19. The summed E-state index contributed by atoms with van der Waals surface area (Å²) in [6.45, 7) is 7.51. The molecule has 160 valence electrons. The number of benzene rings is 2. The first-order chi connectivity index (χ1) is 14.3. The molecule has 1 saturated heterocycles. The Balaban J connectivity index is 1.49. The first-order valence-corrected chi connectivity index (χ1v) is 10.3. The van der Waals surface area contributed by atoms with Gasteiger partial charge >= 0.3 is 0 Å². The van der Waals surface area contributed by atoms with Gasteiger partial charge in [-0.1, -0.05) is 39.0 Å². The maximum Gasteiger partial charge on any atom is 0.262 e. The number of carbonyl (C=O) groups excluding carboxylic acids is 2. The van der Waals surface area contributed by atoms with Gasteiger partial charge in [-0.25, -0.2) is 0 Å². The van der Waals surface area contributed by atoms with Gasteiger partial charge in [0.2, 0.25) is 0 Å². The van der Waals surface area contributed by atoms with E-state index in [-0.39, 0.29) is 29.9 Å². The molecule has 0 bridgehead atoms. The van der Waals surface area contributed by atoms with E-state index in [1.807, 2.05) is 24.3 Å². The van der Waals surface area contributed by atoms with E-state index in [2.05, 4.69) is 31.4 Å². The van der Waals surface area contributed by atoms with Crippen molar-refractivity contribution in [2.45, 2.75) is 45.1 Å². The Labute approximate surface area is 178 Å². The van der Waals surface area contributed by atoms with Gasteiger partial charge in [0.25, 0.3) is 11.8 Å². The zero-order valence-electron chi connectivity index (χ0n) is 17.9. The van der Waals surface area contributed by atoms with Crippen molar-refractivity contribution in [3.8, 4) is 5.75 Å². The van der Waals surface area contributed by atoms with E-state index in [9.17, 15) is 9.59 Å². The quantitative estimate of drug-likeness (QED) is 0.726. The van der Waals surface area contributed by atoms with Crippen LogP contribution in [0.2, 0.25) is 0 Å². The lowest BCUT2D eigenvalue weighted by atomic mass is 9.86. The molecule has 1 fully saturated rings. The standard InChI is InChI=1S/C24H30N2O4/c1-24(2,3)20-8-4-5-9-21(20)30-16-22(27)26-18-12-10-17(11-13-18)23(28)25-15-19-7-6-14-29-19/h4-5,8-13,19H,6-7,14-16H2,1-3H3,(H,25,28)(H,26,27). The van der Waals surface area contributed by atoms with Gasteiger partial charge in [-0.2, -0.15) is 0 Å². The molecule has 2 aromatic carbocycles. The average molecular weight is 411 g/mol. The molecule has 2 aromatic rings.